The van der Waals surface area contributed by atoms with Crippen LogP contribution in [0.4, 0.5) is 0 Å². The van der Waals surface area contributed by atoms with Crippen molar-refractivity contribution in [3.63, 3.8) is 0 Å². The van der Waals surface area contributed by atoms with Gasteiger partial charge in [0.15, 0.2) is 5.96 Å². The van der Waals surface area contributed by atoms with Crippen LogP contribution < -0.4 is 10.1 Å². The molecule has 3 rings (SSSR count). The van der Waals surface area contributed by atoms with Gasteiger partial charge >= 0.3 is 0 Å². The van der Waals surface area contributed by atoms with Gasteiger partial charge in [-0.1, -0.05) is 25.1 Å². The van der Waals surface area contributed by atoms with E-state index in [1.54, 1.807) is 0 Å². The van der Waals surface area contributed by atoms with E-state index in [1.807, 2.05) is 30.3 Å². The lowest BCUT2D eigenvalue weighted by Gasteiger charge is -2.29. The van der Waals surface area contributed by atoms with Crippen LogP contribution in [0.15, 0.2) is 35.3 Å². The van der Waals surface area contributed by atoms with Crippen molar-refractivity contribution in [1.29, 1.82) is 0 Å². The summed E-state index contributed by atoms with van der Waals surface area (Å²) in [7, 11) is 0. The molecule has 1 N–H and O–H groups in total. The minimum atomic E-state index is 0.0998. The molecule has 0 bridgehead atoms. The van der Waals surface area contributed by atoms with Gasteiger partial charge in [0.2, 0.25) is 0 Å². The third-order valence-electron chi connectivity index (χ3n) is 5.49. The summed E-state index contributed by atoms with van der Waals surface area (Å²) in [6, 6.07) is 10.0. The summed E-state index contributed by atoms with van der Waals surface area (Å²) in [6.07, 6.45) is 2.28. The van der Waals surface area contributed by atoms with Crippen LogP contribution >= 0.6 is 0 Å². The van der Waals surface area contributed by atoms with E-state index in [-0.39, 0.29) is 6.10 Å². The molecule has 2 aliphatic heterocycles. The predicted molar refractivity (Wildman–Crippen MR) is 114 cm³/mol. The van der Waals surface area contributed by atoms with Gasteiger partial charge in [-0.25, -0.2) is 4.99 Å². The summed E-state index contributed by atoms with van der Waals surface area (Å²) in [4.78, 5) is 9.88. The second kappa shape index (κ2) is 11.3. The summed E-state index contributed by atoms with van der Waals surface area (Å²) in [5.74, 6) is 2.66. The van der Waals surface area contributed by atoms with Crippen LogP contribution in [0.1, 0.15) is 26.7 Å². The Kier molecular flexibility index (Phi) is 8.42. The van der Waals surface area contributed by atoms with Crippen LogP contribution in [0.3, 0.4) is 0 Å². The minimum Gasteiger partial charge on any atom is -0.489 e. The van der Waals surface area contributed by atoms with Gasteiger partial charge in [0.05, 0.1) is 19.8 Å². The van der Waals surface area contributed by atoms with Gasteiger partial charge in [0.1, 0.15) is 11.9 Å². The van der Waals surface area contributed by atoms with Crippen molar-refractivity contribution >= 4 is 5.96 Å². The first-order chi connectivity index (χ1) is 13.8. The number of morpholine rings is 1. The van der Waals surface area contributed by atoms with Gasteiger partial charge in [-0.05, 0) is 37.8 Å². The molecule has 6 heteroatoms. The van der Waals surface area contributed by atoms with Gasteiger partial charge in [0, 0.05) is 39.3 Å². The Morgan fingerprint density at radius 2 is 2.00 bits per heavy atom. The third kappa shape index (κ3) is 6.38. The van der Waals surface area contributed by atoms with E-state index in [0.717, 1.165) is 64.1 Å². The Bertz CT molecular complexity index is 589. The lowest BCUT2D eigenvalue weighted by atomic mass is 10.1. The molecule has 28 heavy (non-hydrogen) atoms. The zero-order chi connectivity index (χ0) is 19.6. The van der Waals surface area contributed by atoms with E-state index in [1.165, 1.54) is 13.0 Å². The summed E-state index contributed by atoms with van der Waals surface area (Å²) < 4.78 is 11.6. The molecule has 2 saturated heterocycles. The Labute approximate surface area is 169 Å². The number of benzene rings is 1. The second-order valence-corrected chi connectivity index (χ2v) is 7.67. The number of hydrogen-bond donors (Lipinski definition) is 1. The average Bonchev–Trinajstić information content (AvgIpc) is 3.20. The fourth-order valence-corrected chi connectivity index (χ4v) is 3.88. The first-order valence-electron chi connectivity index (χ1n) is 10.8. The third-order valence-corrected chi connectivity index (χ3v) is 5.49. The number of para-hydroxylation sites is 1. The van der Waals surface area contributed by atoms with Crippen LogP contribution in [0.5, 0.6) is 5.75 Å². The summed E-state index contributed by atoms with van der Waals surface area (Å²) in [6.45, 7) is 13.1. The van der Waals surface area contributed by atoms with Crippen molar-refractivity contribution in [2.24, 2.45) is 10.9 Å². The van der Waals surface area contributed by atoms with Crippen molar-refractivity contribution in [2.45, 2.75) is 32.8 Å². The van der Waals surface area contributed by atoms with Crippen LogP contribution in [0, 0.1) is 5.92 Å². The summed E-state index contributed by atoms with van der Waals surface area (Å²) in [5, 5.41) is 3.48. The van der Waals surface area contributed by atoms with Crippen molar-refractivity contribution < 1.29 is 9.47 Å². The zero-order valence-corrected chi connectivity index (χ0v) is 17.5. The molecule has 156 valence electrons. The predicted octanol–water partition coefficient (Wildman–Crippen LogP) is 2.46. The number of rotatable bonds is 8. The smallest absolute Gasteiger partial charge is 0.194 e. The minimum absolute atomic E-state index is 0.0998. The second-order valence-electron chi connectivity index (χ2n) is 7.67. The highest BCUT2D eigenvalue weighted by atomic mass is 16.5. The van der Waals surface area contributed by atoms with Crippen molar-refractivity contribution in [2.75, 3.05) is 59.0 Å². The van der Waals surface area contributed by atoms with Gasteiger partial charge < -0.3 is 19.7 Å². The topological polar surface area (TPSA) is 49.3 Å². The van der Waals surface area contributed by atoms with E-state index in [9.17, 15) is 0 Å². The number of likely N-dealkylation sites (tertiary alicyclic amines) is 1. The highest BCUT2D eigenvalue weighted by molar-refractivity contribution is 5.80. The largest absolute Gasteiger partial charge is 0.489 e. The maximum atomic E-state index is 6.10. The molecule has 0 aromatic heterocycles. The molecule has 6 nitrogen and oxygen atoms in total. The molecule has 2 unspecified atom stereocenters. The number of nitrogens with zero attached hydrogens (tertiary/aromatic N) is 3. The Morgan fingerprint density at radius 3 is 2.71 bits per heavy atom. The van der Waals surface area contributed by atoms with E-state index >= 15 is 0 Å². The SMILES string of the molecule is CCNC(=NCC(CC)Oc1ccccc1)N1CCC(CN2CCOCC2)C1. The molecular weight excluding hydrogens is 352 g/mol. The molecule has 1 aromatic carbocycles. The van der Waals surface area contributed by atoms with Gasteiger partial charge in [-0.15, -0.1) is 0 Å². The highest BCUT2D eigenvalue weighted by Gasteiger charge is 2.27. The summed E-state index contributed by atoms with van der Waals surface area (Å²) in [5.41, 5.74) is 0. The van der Waals surface area contributed by atoms with Crippen molar-refractivity contribution in [3.8, 4) is 5.75 Å². The number of hydrogen-bond acceptors (Lipinski definition) is 4. The van der Waals surface area contributed by atoms with E-state index in [0.29, 0.717) is 12.5 Å². The number of nitrogens with one attached hydrogen (secondary N) is 1. The monoisotopic (exact) mass is 388 g/mol. The molecule has 0 saturated carbocycles. The van der Waals surface area contributed by atoms with E-state index in [2.05, 4.69) is 29.0 Å². The molecule has 2 aliphatic rings. The molecule has 2 heterocycles. The lowest BCUT2D eigenvalue weighted by molar-refractivity contribution is 0.0315. The van der Waals surface area contributed by atoms with Gasteiger partial charge in [0.25, 0.3) is 0 Å². The Morgan fingerprint density at radius 1 is 1.21 bits per heavy atom. The fourth-order valence-electron chi connectivity index (χ4n) is 3.88. The first kappa shape index (κ1) is 20.9. The molecule has 1 aromatic rings. The van der Waals surface area contributed by atoms with Gasteiger partial charge in [-0.2, -0.15) is 0 Å². The first-order valence-corrected chi connectivity index (χ1v) is 10.8. The number of guanidine groups is 1. The molecule has 0 spiro atoms. The van der Waals surface area contributed by atoms with E-state index in [4.69, 9.17) is 14.5 Å². The number of ether oxygens (including phenoxy) is 2. The average molecular weight is 389 g/mol. The van der Waals surface area contributed by atoms with Crippen LogP contribution in [0.25, 0.3) is 0 Å². The summed E-state index contributed by atoms with van der Waals surface area (Å²) >= 11 is 0. The molecule has 2 fully saturated rings. The van der Waals surface area contributed by atoms with E-state index < -0.39 is 0 Å². The molecule has 0 radical (unpaired) electrons. The lowest BCUT2D eigenvalue weighted by Crippen LogP contribution is -2.42. The standard InChI is InChI=1S/C22H36N4O2/c1-3-20(28-21-8-6-5-7-9-21)16-24-22(23-4-2)26-11-10-19(18-26)17-25-12-14-27-15-13-25/h5-9,19-20H,3-4,10-18H2,1-2H3,(H,23,24). The molecule has 2 atom stereocenters. The van der Waals surface area contributed by atoms with Crippen molar-refractivity contribution in [1.82, 2.24) is 15.1 Å². The molecular formula is C22H36N4O2. The highest BCUT2D eigenvalue weighted by Crippen LogP contribution is 2.19. The Hall–Kier alpha value is -1.79. The maximum absolute atomic E-state index is 6.10. The number of aliphatic imine (C=N–C) groups is 1. The zero-order valence-electron chi connectivity index (χ0n) is 17.5. The van der Waals surface area contributed by atoms with Crippen LogP contribution in [-0.2, 0) is 4.74 Å². The molecule has 0 amide bonds. The normalized spacial score (nSPS) is 22.3. The fraction of sp³-hybridized carbons (Fsp3) is 0.682. The van der Waals surface area contributed by atoms with Gasteiger partial charge in [-0.3, -0.25) is 4.90 Å². The Balaban J connectivity index is 1.52. The quantitative estimate of drug-likeness (QED) is 0.548. The molecule has 0 aliphatic carbocycles. The van der Waals surface area contributed by atoms with Crippen LogP contribution in [0.2, 0.25) is 0 Å². The van der Waals surface area contributed by atoms with Crippen LogP contribution in [-0.4, -0.2) is 80.9 Å². The maximum Gasteiger partial charge on any atom is 0.194 e. The van der Waals surface area contributed by atoms with Crippen molar-refractivity contribution in [3.05, 3.63) is 30.3 Å².